The fraction of sp³-hybridized carbons (Fsp3) is 0.727. The topological polar surface area (TPSA) is 0 Å². The highest BCUT2D eigenvalue weighted by Crippen LogP contribution is 2.46. The molecule has 1 atom stereocenters. The van der Waals surface area contributed by atoms with Gasteiger partial charge in [0, 0.05) is 4.88 Å². The van der Waals surface area contributed by atoms with Gasteiger partial charge in [0.25, 0.3) is 0 Å². The van der Waals surface area contributed by atoms with E-state index < -0.39 is 11.1 Å². The zero-order valence-corrected chi connectivity index (χ0v) is 16.2. The molecule has 0 bridgehead atoms. The number of alkyl halides is 3. The zero-order valence-electron chi connectivity index (χ0n) is 15.4. The summed E-state index contributed by atoms with van der Waals surface area (Å²) in [5.74, 6) is 3.59. The van der Waals surface area contributed by atoms with Crippen LogP contribution in [0, 0.1) is 23.7 Å². The van der Waals surface area contributed by atoms with Gasteiger partial charge in [-0.05, 0) is 86.3 Å². The standard InChI is InChI=1S/C22H29F3S/c23-22(24,25)21-14-13-20(26-21)19-11-9-18(10-12-19)17-7-5-16(6-8-17)15-3-1-2-4-15/h11,13-18H,1-10,12H2. The summed E-state index contributed by atoms with van der Waals surface area (Å²) in [5, 5.41) is 0. The molecule has 1 unspecified atom stereocenters. The van der Waals surface area contributed by atoms with Gasteiger partial charge in [-0.2, -0.15) is 13.2 Å². The molecule has 4 heteroatoms. The second-order valence-corrected chi connectivity index (χ2v) is 9.73. The van der Waals surface area contributed by atoms with Crippen LogP contribution < -0.4 is 0 Å². The average Bonchev–Trinajstić information content (AvgIpc) is 3.34. The van der Waals surface area contributed by atoms with E-state index in [4.69, 9.17) is 0 Å². The van der Waals surface area contributed by atoms with Gasteiger partial charge in [-0.1, -0.05) is 31.8 Å². The van der Waals surface area contributed by atoms with Gasteiger partial charge in [0.2, 0.25) is 0 Å². The molecule has 0 spiro atoms. The van der Waals surface area contributed by atoms with Crippen molar-refractivity contribution < 1.29 is 13.2 Å². The van der Waals surface area contributed by atoms with Gasteiger partial charge in [0.1, 0.15) is 4.88 Å². The van der Waals surface area contributed by atoms with Crippen LogP contribution in [0.25, 0.3) is 5.57 Å². The Hall–Kier alpha value is -0.770. The lowest BCUT2D eigenvalue weighted by Gasteiger charge is -2.37. The highest BCUT2D eigenvalue weighted by Gasteiger charge is 2.34. The minimum Gasteiger partial charge on any atom is -0.165 e. The minimum absolute atomic E-state index is 0.472. The molecule has 1 aromatic rings. The Kier molecular flexibility index (Phi) is 5.50. The summed E-state index contributed by atoms with van der Waals surface area (Å²) in [7, 11) is 0. The summed E-state index contributed by atoms with van der Waals surface area (Å²) < 4.78 is 38.4. The molecule has 0 nitrogen and oxygen atoms in total. The summed E-state index contributed by atoms with van der Waals surface area (Å²) in [4.78, 5) is 0.349. The highest BCUT2D eigenvalue weighted by molar-refractivity contribution is 7.13. The highest BCUT2D eigenvalue weighted by atomic mass is 32.1. The zero-order chi connectivity index (χ0) is 18.1. The van der Waals surface area contributed by atoms with Crippen molar-refractivity contribution in [3.05, 3.63) is 28.0 Å². The summed E-state index contributed by atoms with van der Waals surface area (Å²) in [6.45, 7) is 0. The molecule has 2 fully saturated rings. The Bertz CT molecular complexity index is 628. The predicted octanol–water partition coefficient (Wildman–Crippen LogP) is 7.95. The number of thiophene rings is 1. The molecule has 0 amide bonds. The van der Waals surface area contributed by atoms with E-state index in [1.54, 1.807) is 6.07 Å². The van der Waals surface area contributed by atoms with Crippen molar-refractivity contribution >= 4 is 16.9 Å². The summed E-state index contributed by atoms with van der Waals surface area (Å²) in [6, 6.07) is 2.89. The molecular formula is C22H29F3S. The minimum atomic E-state index is -4.21. The fourth-order valence-electron chi connectivity index (χ4n) is 5.69. The molecule has 3 aliphatic rings. The predicted molar refractivity (Wildman–Crippen MR) is 102 cm³/mol. The Morgan fingerprint density at radius 3 is 1.92 bits per heavy atom. The lowest BCUT2D eigenvalue weighted by atomic mass is 9.68. The van der Waals surface area contributed by atoms with Crippen molar-refractivity contribution in [3.63, 3.8) is 0 Å². The SMILES string of the molecule is FC(F)(F)c1ccc(C2=CCC(C3CCC(C4CCCC4)CC3)CC2)s1. The van der Waals surface area contributed by atoms with Gasteiger partial charge < -0.3 is 0 Å². The molecule has 0 aliphatic heterocycles. The van der Waals surface area contributed by atoms with E-state index >= 15 is 0 Å². The van der Waals surface area contributed by atoms with Crippen LogP contribution in [0.5, 0.6) is 0 Å². The van der Waals surface area contributed by atoms with Crippen molar-refractivity contribution in [2.24, 2.45) is 23.7 Å². The first-order chi connectivity index (χ1) is 12.5. The smallest absolute Gasteiger partial charge is 0.165 e. The number of allylic oxidation sites excluding steroid dienone is 2. The van der Waals surface area contributed by atoms with Crippen molar-refractivity contribution in [3.8, 4) is 0 Å². The van der Waals surface area contributed by atoms with Gasteiger partial charge in [-0.15, -0.1) is 11.3 Å². The van der Waals surface area contributed by atoms with E-state index in [0.717, 1.165) is 64.7 Å². The van der Waals surface area contributed by atoms with Crippen LogP contribution in [0.2, 0.25) is 0 Å². The number of hydrogen-bond acceptors (Lipinski definition) is 1. The summed E-state index contributed by atoms with van der Waals surface area (Å²) in [6.07, 6.45) is 12.6. The van der Waals surface area contributed by atoms with E-state index in [9.17, 15) is 13.2 Å². The second kappa shape index (κ2) is 7.69. The molecule has 26 heavy (non-hydrogen) atoms. The third kappa shape index (κ3) is 4.05. The second-order valence-electron chi connectivity index (χ2n) is 8.64. The van der Waals surface area contributed by atoms with Crippen molar-refractivity contribution in [1.29, 1.82) is 0 Å². The van der Waals surface area contributed by atoms with E-state index in [0.29, 0.717) is 0 Å². The van der Waals surface area contributed by atoms with Crippen molar-refractivity contribution in [2.75, 3.05) is 0 Å². The van der Waals surface area contributed by atoms with E-state index in [1.807, 2.05) is 0 Å². The molecular weight excluding hydrogens is 353 g/mol. The first-order valence-electron chi connectivity index (χ1n) is 10.4. The lowest BCUT2D eigenvalue weighted by Crippen LogP contribution is -2.25. The molecule has 144 valence electrons. The molecule has 0 aromatic carbocycles. The van der Waals surface area contributed by atoms with Crippen molar-refractivity contribution in [2.45, 2.75) is 76.8 Å². The maximum Gasteiger partial charge on any atom is 0.425 e. The fourth-order valence-corrected chi connectivity index (χ4v) is 6.63. The Morgan fingerprint density at radius 2 is 1.38 bits per heavy atom. The van der Waals surface area contributed by atoms with Crippen LogP contribution in [0.3, 0.4) is 0 Å². The average molecular weight is 383 g/mol. The van der Waals surface area contributed by atoms with Gasteiger partial charge in [-0.3, -0.25) is 0 Å². The maximum absolute atomic E-state index is 12.8. The van der Waals surface area contributed by atoms with Crippen molar-refractivity contribution in [1.82, 2.24) is 0 Å². The van der Waals surface area contributed by atoms with Crippen LogP contribution in [0.4, 0.5) is 13.2 Å². The molecule has 4 rings (SSSR count). The van der Waals surface area contributed by atoms with Crippen LogP contribution in [-0.4, -0.2) is 0 Å². The molecule has 0 N–H and O–H groups in total. The van der Waals surface area contributed by atoms with Gasteiger partial charge in [0.15, 0.2) is 0 Å². The monoisotopic (exact) mass is 382 g/mol. The van der Waals surface area contributed by atoms with E-state index in [2.05, 4.69) is 6.08 Å². The molecule has 1 heterocycles. The summed E-state index contributed by atoms with van der Waals surface area (Å²) in [5.41, 5.74) is 1.14. The first-order valence-corrected chi connectivity index (χ1v) is 11.2. The number of hydrogen-bond donors (Lipinski definition) is 0. The van der Waals surface area contributed by atoms with Gasteiger partial charge >= 0.3 is 6.18 Å². The van der Waals surface area contributed by atoms with Gasteiger partial charge in [0.05, 0.1) is 0 Å². The van der Waals surface area contributed by atoms with E-state index in [1.165, 1.54) is 57.4 Å². The Labute approximate surface area is 158 Å². The van der Waals surface area contributed by atoms with Crippen LogP contribution in [0.1, 0.15) is 80.4 Å². The maximum atomic E-state index is 12.8. The summed E-state index contributed by atoms with van der Waals surface area (Å²) >= 11 is 0.904. The first kappa shape index (κ1) is 18.6. The molecule has 0 radical (unpaired) electrons. The largest absolute Gasteiger partial charge is 0.425 e. The van der Waals surface area contributed by atoms with Gasteiger partial charge in [-0.25, -0.2) is 0 Å². The third-order valence-electron chi connectivity index (χ3n) is 7.20. The molecule has 1 aromatic heterocycles. The number of rotatable bonds is 3. The molecule has 0 saturated heterocycles. The number of halogens is 3. The lowest BCUT2D eigenvalue weighted by molar-refractivity contribution is -0.134. The Morgan fingerprint density at radius 1 is 0.769 bits per heavy atom. The van der Waals surface area contributed by atoms with Crippen LogP contribution in [0.15, 0.2) is 18.2 Å². The quantitative estimate of drug-likeness (QED) is 0.497. The van der Waals surface area contributed by atoms with E-state index in [-0.39, 0.29) is 0 Å². The normalized spacial score (nSPS) is 31.2. The van der Waals surface area contributed by atoms with Crippen LogP contribution >= 0.6 is 11.3 Å². The Balaban J connectivity index is 1.31. The van der Waals surface area contributed by atoms with Crippen LogP contribution in [-0.2, 0) is 6.18 Å². The third-order valence-corrected chi connectivity index (χ3v) is 8.41. The molecule has 2 saturated carbocycles. The molecule has 3 aliphatic carbocycles.